The fraction of sp³-hybridized carbons (Fsp3) is 0.700. The first-order chi connectivity index (χ1) is 7.99. The second-order valence-electron chi connectivity index (χ2n) is 4.19. The van der Waals surface area contributed by atoms with Gasteiger partial charge in [0.1, 0.15) is 6.04 Å². The Morgan fingerprint density at radius 2 is 2.29 bits per heavy atom. The summed E-state index contributed by atoms with van der Waals surface area (Å²) in [5.74, 6) is -1.35. The number of carboxylic acid groups (broad SMARTS) is 1. The Bertz CT molecular complexity index is 309. The largest absolute Gasteiger partial charge is 0.481 e. The summed E-state index contributed by atoms with van der Waals surface area (Å²) in [7, 11) is 0. The third kappa shape index (κ3) is 4.81. The highest BCUT2D eigenvalue weighted by Gasteiger charge is 2.23. The number of rotatable bonds is 5. The second kappa shape index (κ2) is 6.19. The molecule has 0 spiro atoms. The Hall–Kier alpha value is -1.63. The van der Waals surface area contributed by atoms with Crippen molar-refractivity contribution in [3.8, 4) is 0 Å². The second-order valence-corrected chi connectivity index (χ2v) is 4.19. The number of carbonyl (C=O) groups excluding carboxylic acids is 2. The molecule has 0 radical (unpaired) electrons. The van der Waals surface area contributed by atoms with Crippen LogP contribution in [0.4, 0.5) is 0 Å². The van der Waals surface area contributed by atoms with Gasteiger partial charge in [0.05, 0.1) is 6.54 Å². The lowest BCUT2D eigenvalue weighted by Gasteiger charge is -2.23. The predicted molar refractivity (Wildman–Crippen MR) is 59.2 cm³/mol. The van der Waals surface area contributed by atoms with E-state index < -0.39 is 12.0 Å². The highest BCUT2D eigenvalue weighted by Crippen LogP contribution is 1.99. The molecule has 0 aliphatic carbocycles. The van der Waals surface area contributed by atoms with E-state index >= 15 is 0 Å². The standard InChI is InChI=1S/C10H17N3O4/c1-6(2-9(15)16)3-13-10(17)7-4-12-8(14)5-11-7/h6-7,11H,2-5H2,1H3,(H,12,14)(H,13,17)(H,15,16). The average Bonchev–Trinajstić information content (AvgIpc) is 2.26. The Kier molecular flexibility index (Phi) is 4.89. The summed E-state index contributed by atoms with van der Waals surface area (Å²) >= 11 is 0. The van der Waals surface area contributed by atoms with Crippen LogP contribution < -0.4 is 16.0 Å². The Labute approximate surface area is 98.9 Å². The SMILES string of the molecule is CC(CNC(=O)C1CNC(=O)CN1)CC(=O)O. The molecule has 0 saturated carbocycles. The van der Waals surface area contributed by atoms with Gasteiger partial charge in [-0.2, -0.15) is 0 Å². The van der Waals surface area contributed by atoms with E-state index in [2.05, 4.69) is 16.0 Å². The van der Waals surface area contributed by atoms with Crippen LogP contribution in [-0.2, 0) is 14.4 Å². The summed E-state index contributed by atoms with van der Waals surface area (Å²) in [6, 6.07) is -0.440. The van der Waals surface area contributed by atoms with Crippen LogP contribution in [0.2, 0.25) is 0 Å². The van der Waals surface area contributed by atoms with Gasteiger partial charge < -0.3 is 15.7 Å². The highest BCUT2D eigenvalue weighted by molar-refractivity contribution is 5.86. The Morgan fingerprint density at radius 1 is 1.59 bits per heavy atom. The number of piperazine rings is 1. The molecule has 0 aromatic carbocycles. The van der Waals surface area contributed by atoms with Crippen molar-refractivity contribution >= 4 is 17.8 Å². The topological polar surface area (TPSA) is 108 Å². The molecule has 7 nitrogen and oxygen atoms in total. The van der Waals surface area contributed by atoms with Crippen molar-refractivity contribution in [2.24, 2.45) is 5.92 Å². The molecule has 2 amide bonds. The molecule has 7 heteroatoms. The highest BCUT2D eigenvalue weighted by atomic mass is 16.4. The fourth-order valence-electron chi connectivity index (χ4n) is 1.52. The zero-order valence-electron chi connectivity index (χ0n) is 9.66. The summed E-state index contributed by atoms with van der Waals surface area (Å²) in [6.45, 7) is 2.46. The normalized spacial score (nSPS) is 21.5. The summed E-state index contributed by atoms with van der Waals surface area (Å²) in [4.78, 5) is 32.9. The van der Waals surface area contributed by atoms with Gasteiger partial charge in [0.25, 0.3) is 0 Å². The van der Waals surface area contributed by atoms with Crippen LogP contribution in [0.25, 0.3) is 0 Å². The van der Waals surface area contributed by atoms with Gasteiger partial charge in [-0.25, -0.2) is 0 Å². The van der Waals surface area contributed by atoms with Crippen LogP contribution in [0.15, 0.2) is 0 Å². The van der Waals surface area contributed by atoms with Crippen LogP contribution >= 0.6 is 0 Å². The van der Waals surface area contributed by atoms with Gasteiger partial charge in [-0.15, -0.1) is 0 Å². The van der Waals surface area contributed by atoms with Gasteiger partial charge in [-0.1, -0.05) is 6.92 Å². The molecule has 2 unspecified atom stereocenters. The quantitative estimate of drug-likeness (QED) is 0.460. The molecule has 96 valence electrons. The lowest BCUT2D eigenvalue weighted by Crippen LogP contribution is -2.58. The molecule has 1 saturated heterocycles. The van der Waals surface area contributed by atoms with Crippen LogP contribution in [0.5, 0.6) is 0 Å². The first-order valence-electron chi connectivity index (χ1n) is 5.48. The van der Waals surface area contributed by atoms with Crippen molar-refractivity contribution in [1.82, 2.24) is 16.0 Å². The maximum absolute atomic E-state index is 11.6. The number of amides is 2. The molecule has 1 fully saturated rings. The zero-order chi connectivity index (χ0) is 12.8. The lowest BCUT2D eigenvalue weighted by molar-refractivity contribution is -0.138. The molecule has 17 heavy (non-hydrogen) atoms. The Morgan fingerprint density at radius 3 is 2.82 bits per heavy atom. The number of aliphatic carboxylic acids is 1. The van der Waals surface area contributed by atoms with Crippen molar-refractivity contribution in [2.75, 3.05) is 19.6 Å². The van der Waals surface area contributed by atoms with Crippen molar-refractivity contribution in [2.45, 2.75) is 19.4 Å². The minimum Gasteiger partial charge on any atom is -0.481 e. The minimum absolute atomic E-state index is 0.0229. The smallest absolute Gasteiger partial charge is 0.303 e. The number of nitrogens with one attached hydrogen (secondary N) is 3. The first-order valence-corrected chi connectivity index (χ1v) is 5.48. The molecule has 0 aromatic rings. The third-order valence-electron chi connectivity index (χ3n) is 2.48. The van der Waals surface area contributed by atoms with E-state index in [0.717, 1.165) is 0 Å². The molecule has 1 rings (SSSR count). The van der Waals surface area contributed by atoms with Crippen LogP contribution in [-0.4, -0.2) is 48.6 Å². The number of carboxylic acids is 1. The van der Waals surface area contributed by atoms with E-state index in [4.69, 9.17) is 5.11 Å². The number of hydrogen-bond acceptors (Lipinski definition) is 4. The number of carbonyl (C=O) groups is 3. The summed E-state index contributed by atoms with van der Waals surface area (Å²) in [5.41, 5.74) is 0. The first kappa shape index (κ1) is 13.4. The van der Waals surface area contributed by atoms with Crippen LogP contribution in [0, 0.1) is 5.92 Å². The molecular weight excluding hydrogens is 226 g/mol. The predicted octanol–water partition coefficient (Wildman–Crippen LogP) is -1.70. The maximum Gasteiger partial charge on any atom is 0.303 e. The zero-order valence-corrected chi connectivity index (χ0v) is 9.66. The summed E-state index contributed by atoms with van der Waals surface area (Å²) in [5, 5.41) is 16.6. The van der Waals surface area contributed by atoms with E-state index in [1.54, 1.807) is 6.92 Å². The van der Waals surface area contributed by atoms with E-state index in [0.29, 0.717) is 6.54 Å². The van der Waals surface area contributed by atoms with E-state index in [1.165, 1.54) is 0 Å². The van der Waals surface area contributed by atoms with Crippen LogP contribution in [0.3, 0.4) is 0 Å². The van der Waals surface area contributed by atoms with Gasteiger partial charge in [-0.05, 0) is 5.92 Å². The maximum atomic E-state index is 11.6. The minimum atomic E-state index is -0.880. The lowest BCUT2D eigenvalue weighted by atomic mass is 10.1. The fourth-order valence-corrected chi connectivity index (χ4v) is 1.52. The van der Waals surface area contributed by atoms with Gasteiger partial charge >= 0.3 is 5.97 Å². The molecule has 1 aliphatic heterocycles. The summed E-state index contributed by atoms with van der Waals surface area (Å²) in [6.07, 6.45) is 0.0229. The van der Waals surface area contributed by atoms with Gasteiger partial charge in [0, 0.05) is 19.5 Å². The molecule has 4 N–H and O–H groups in total. The van der Waals surface area contributed by atoms with E-state index in [-0.39, 0.29) is 37.2 Å². The molecule has 0 bridgehead atoms. The molecule has 0 aromatic heterocycles. The van der Waals surface area contributed by atoms with Gasteiger partial charge in [0.2, 0.25) is 11.8 Å². The molecular formula is C10H17N3O4. The molecule has 1 aliphatic rings. The van der Waals surface area contributed by atoms with Gasteiger partial charge in [-0.3, -0.25) is 19.7 Å². The monoisotopic (exact) mass is 243 g/mol. The van der Waals surface area contributed by atoms with E-state index in [1.807, 2.05) is 0 Å². The van der Waals surface area contributed by atoms with Crippen molar-refractivity contribution in [1.29, 1.82) is 0 Å². The Balaban J connectivity index is 2.25. The van der Waals surface area contributed by atoms with Gasteiger partial charge in [0.15, 0.2) is 0 Å². The van der Waals surface area contributed by atoms with Crippen LogP contribution in [0.1, 0.15) is 13.3 Å². The van der Waals surface area contributed by atoms with Crippen molar-refractivity contribution in [3.05, 3.63) is 0 Å². The van der Waals surface area contributed by atoms with Crippen molar-refractivity contribution < 1.29 is 19.5 Å². The van der Waals surface area contributed by atoms with Crippen molar-refractivity contribution in [3.63, 3.8) is 0 Å². The van der Waals surface area contributed by atoms with E-state index in [9.17, 15) is 14.4 Å². The summed E-state index contributed by atoms with van der Waals surface area (Å²) < 4.78 is 0. The molecule has 2 atom stereocenters. The number of hydrogen-bond donors (Lipinski definition) is 4. The third-order valence-corrected chi connectivity index (χ3v) is 2.48. The molecule has 1 heterocycles. The average molecular weight is 243 g/mol.